The summed E-state index contributed by atoms with van der Waals surface area (Å²) in [6.07, 6.45) is 2.52. The number of nitrogens with one attached hydrogen (secondary N) is 1. The zero-order chi connectivity index (χ0) is 13.5. The van der Waals surface area contributed by atoms with E-state index in [4.69, 9.17) is 5.73 Å². The molecule has 1 amide bonds. The first-order valence-corrected chi connectivity index (χ1v) is 6.65. The van der Waals surface area contributed by atoms with Crippen LogP contribution < -0.4 is 11.1 Å². The molecule has 0 spiro atoms. The normalized spacial score (nSPS) is 13.9. The number of amides is 1. The zero-order valence-corrected chi connectivity index (χ0v) is 11.6. The molecule has 100 valence electrons. The summed E-state index contributed by atoms with van der Waals surface area (Å²) in [5.41, 5.74) is 7.40. The molecule has 0 heterocycles. The van der Waals surface area contributed by atoms with Gasteiger partial charge in [0.1, 0.15) is 0 Å². The quantitative estimate of drug-likeness (QED) is 0.761. The van der Waals surface area contributed by atoms with Crippen LogP contribution in [0.15, 0.2) is 24.3 Å². The smallest absolute Gasteiger partial charge is 0.224 e. The van der Waals surface area contributed by atoms with Crippen LogP contribution in [0.2, 0.25) is 0 Å². The van der Waals surface area contributed by atoms with Gasteiger partial charge in [0.15, 0.2) is 0 Å². The predicted molar refractivity (Wildman–Crippen MR) is 76.2 cm³/mol. The molecule has 3 nitrogen and oxygen atoms in total. The molecule has 1 aromatic rings. The molecule has 0 aliphatic heterocycles. The van der Waals surface area contributed by atoms with Crippen LogP contribution in [0.3, 0.4) is 0 Å². The molecule has 3 N–H and O–H groups in total. The van der Waals surface area contributed by atoms with Crippen molar-refractivity contribution in [2.75, 3.05) is 5.73 Å². The number of nitrogen functional groups attached to an aromatic ring is 1. The Labute approximate surface area is 110 Å². The van der Waals surface area contributed by atoms with Crippen molar-refractivity contribution in [2.45, 2.75) is 46.1 Å². The van der Waals surface area contributed by atoms with Crippen LogP contribution in [0.5, 0.6) is 0 Å². The van der Waals surface area contributed by atoms with Crippen LogP contribution in [0.25, 0.3) is 0 Å². The van der Waals surface area contributed by atoms with Crippen LogP contribution in [0.4, 0.5) is 5.69 Å². The number of para-hydroxylation sites is 1. The van der Waals surface area contributed by atoms with E-state index in [-0.39, 0.29) is 11.9 Å². The molecule has 0 aromatic heterocycles. The van der Waals surface area contributed by atoms with E-state index in [2.05, 4.69) is 26.1 Å². The van der Waals surface area contributed by atoms with E-state index in [9.17, 15) is 4.79 Å². The van der Waals surface area contributed by atoms with Gasteiger partial charge in [-0.3, -0.25) is 4.79 Å². The van der Waals surface area contributed by atoms with Gasteiger partial charge in [0.05, 0.1) is 6.42 Å². The second kappa shape index (κ2) is 7.04. The van der Waals surface area contributed by atoms with Crippen molar-refractivity contribution in [1.29, 1.82) is 0 Å². The Bertz CT molecular complexity index is 390. The summed E-state index contributed by atoms with van der Waals surface area (Å²) in [6.45, 7) is 6.43. The van der Waals surface area contributed by atoms with Crippen molar-refractivity contribution in [1.82, 2.24) is 5.32 Å². The second-order valence-electron chi connectivity index (χ2n) is 5.09. The van der Waals surface area contributed by atoms with E-state index in [1.807, 2.05) is 24.3 Å². The number of carbonyl (C=O) groups excluding carboxylic acids is 1. The standard InChI is InChI=1S/C15H24N2O/c1-4-11(2)9-12(3)17-15(18)10-13-7-5-6-8-14(13)16/h5-8,11-12H,4,9-10,16H2,1-3H3,(H,17,18). The molecule has 0 radical (unpaired) electrons. The number of rotatable bonds is 6. The van der Waals surface area contributed by atoms with Gasteiger partial charge >= 0.3 is 0 Å². The summed E-state index contributed by atoms with van der Waals surface area (Å²) >= 11 is 0. The lowest BCUT2D eigenvalue weighted by Crippen LogP contribution is -2.34. The highest BCUT2D eigenvalue weighted by molar-refractivity contribution is 5.80. The highest BCUT2D eigenvalue weighted by Gasteiger charge is 2.11. The first-order chi connectivity index (χ1) is 8.52. The monoisotopic (exact) mass is 248 g/mol. The van der Waals surface area contributed by atoms with Gasteiger partial charge in [0.2, 0.25) is 5.91 Å². The molecule has 0 saturated carbocycles. The molecular weight excluding hydrogens is 224 g/mol. The van der Waals surface area contributed by atoms with Gasteiger partial charge in [-0.25, -0.2) is 0 Å². The number of nitrogens with two attached hydrogens (primary N) is 1. The number of anilines is 1. The Balaban J connectivity index is 2.45. The van der Waals surface area contributed by atoms with Crippen LogP contribution in [-0.4, -0.2) is 11.9 Å². The van der Waals surface area contributed by atoms with Crippen molar-refractivity contribution < 1.29 is 4.79 Å². The first-order valence-electron chi connectivity index (χ1n) is 6.65. The molecule has 3 heteroatoms. The highest BCUT2D eigenvalue weighted by Crippen LogP contribution is 2.12. The molecule has 0 aliphatic rings. The molecule has 0 fully saturated rings. The summed E-state index contributed by atoms with van der Waals surface area (Å²) in [4.78, 5) is 11.9. The van der Waals surface area contributed by atoms with Gasteiger partial charge in [-0.2, -0.15) is 0 Å². The van der Waals surface area contributed by atoms with Crippen molar-refractivity contribution in [3.05, 3.63) is 29.8 Å². The average molecular weight is 248 g/mol. The SMILES string of the molecule is CCC(C)CC(C)NC(=O)Cc1ccccc1N. The number of benzene rings is 1. The average Bonchev–Trinajstić information content (AvgIpc) is 2.31. The molecule has 1 rings (SSSR count). The Morgan fingerprint density at radius 1 is 1.33 bits per heavy atom. The highest BCUT2D eigenvalue weighted by atomic mass is 16.1. The van der Waals surface area contributed by atoms with Crippen molar-refractivity contribution >= 4 is 11.6 Å². The Hall–Kier alpha value is -1.51. The molecule has 2 unspecified atom stereocenters. The Morgan fingerprint density at radius 2 is 2.00 bits per heavy atom. The van der Waals surface area contributed by atoms with Crippen molar-refractivity contribution in [2.24, 2.45) is 5.92 Å². The third-order valence-corrected chi connectivity index (χ3v) is 3.27. The van der Waals surface area contributed by atoms with E-state index < -0.39 is 0 Å². The molecule has 0 bridgehead atoms. The van der Waals surface area contributed by atoms with Crippen molar-refractivity contribution in [3.63, 3.8) is 0 Å². The maximum atomic E-state index is 11.9. The molecule has 0 aliphatic carbocycles. The summed E-state index contributed by atoms with van der Waals surface area (Å²) in [5.74, 6) is 0.686. The van der Waals surface area contributed by atoms with Crippen molar-refractivity contribution in [3.8, 4) is 0 Å². The summed E-state index contributed by atoms with van der Waals surface area (Å²) in [5, 5.41) is 3.03. The van der Waals surface area contributed by atoms with Gasteiger partial charge < -0.3 is 11.1 Å². The molecular formula is C15H24N2O. The van der Waals surface area contributed by atoms with Gasteiger partial charge in [0, 0.05) is 11.7 Å². The van der Waals surface area contributed by atoms with Gasteiger partial charge in [-0.05, 0) is 30.9 Å². The maximum Gasteiger partial charge on any atom is 0.224 e. The fraction of sp³-hybridized carbons (Fsp3) is 0.533. The van der Waals surface area contributed by atoms with Gasteiger partial charge in [0.25, 0.3) is 0 Å². The van der Waals surface area contributed by atoms with E-state index in [1.54, 1.807) is 0 Å². The van der Waals surface area contributed by atoms with Gasteiger partial charge in [-0.15, -0.1) is 0 Å². The molecule has 2 atom stereocenters. The summed E-state index contributed by atoms with van der Waals surface area (Å²) in [6, 6.07) is 7.72. The van der Waals surface area contributed by atoms with Crippen LogP contribution in [0.1, 0.15) is 39.2 Å². The lowest BCUT2D eigenvalue weighted by molar-refractivity contribution is -0.121. The third-order valence-electron chi connectivity index (χ3n) is 3.27. The van der Waals surface area contributed by atoms with E-state index >= 15 is 0 Å². The fourth-order valence-electron chi connectivity index (χ4n) is 2.02. The summed E-state index contributed by atoms with van der Waals surface area (Å²) in [7, 11) is 0. The lowest BCUT2D eigenvalue weighted by atomic mass is 10.00. The number of hydrogen-bond acceptors (Lipinski definition) is 2. The molecule has 1 aromatic carbocycles. The van der Waals surface area contributed by atoms with E-state index in [0.717, 1.165) is 18.4 Å². The topological polar surface area (TPSA) is 55.1 Å². The van der Waals surface area contributed by atoms with Crippen LogP contribution >= 0.6 is 0 Å². The lowest BCUT2D eigenvalue weighted by Gasteiger charge is -2.17. The van der Waals surface area contributed by atoms with E-state index in [1.165, 1.54) is 0 Å². The number of hydrogen-bond donors (Lipinski definition) is 2. The molecule has 0 saturated heterocycles. The zero-order valence-electron chi connectivity index (χ0n) is 11.6. The Kier molecular flexibility index (Phi) is 5.69. The predicted octanol–water partition coefficient (Wildman–Crippen LogP) is 2.75. The molecule has 18 heavy (non-hydrogen) atoms. The second-order valence-corrected chi connectivity index (χ2v) is 5.09. The van der Waals surface area contributed by atoms with Crippen LogP contribution in [0, 0.1) is 5.92 Å². The minimum absolute atomic E-state index is 0.0451. The largest absolute Gasteiger partial charge is 0.398 e. The third kappa shape index (κ3) is 4.78. The van der Waals surface area contributed by atoms with Crippen LogP contribution in [-0.2, 0) is 11.2 Å². The number of carbonyl (C=O) groups is 1. The summed E-state index contributed by atoms with van der Waals surface area (Å²) < 4.78 is 0. The van der Waals surface area contributed by atoms with Gasteiger partial charge in [-0.1, -0.05) is 38.5 Å². The first kappa shape index (κ1) is 14.6. The minimum atomic E-state index is 0.0451. The fourth-order valence-corrected chi connectivity index (χ4v) is 2.02. The Morgan fingerprint density at radius 3 is 2.61 bits per heavy atom. The maximum absolute atomic E-state index is 11.9. The minimum Gasteiger partial charge on any atom is -0.398 e. The van der Waals surface area contributed by atoms with E-state index in [0.29, 0.717) is 18.0 Å².